The summed E-state index contributed by atoms with van der Waals surface area (Å²) in [5, 5.41) is 18.0. The SMILES string of the molecule is Cc1nn(C)cc1-c1nn(-c2ccccn2)cc1C(=O)O. The Morgan fingerprint density at radius 2 is 2.05 bits per heavy atom. The topological polar surface area (TPSA) is 85.8 Å². The third kappa shape index (κ3) is 2.29. The minimum absolute atomic E-state index is 0.122. The summed E-state index contributed by atoms with van der Waals surface area (Å²) in [5.74, 6) is -0.469. The van der Waals surface area contributed by atoms with Gasteiger partial charge in [0.25, 0.3) is 0 Å². The van der Waals surface area contributed by atoms with Gasteiger partial charge < -0.3 is 5.11 Å². The molecule has 0 atom stereocenters. The van der Waals surface area contributed by atoms with Crippen molar-refractivity contribution in [3.63, 3.8) is 0 Å². The second-order valence-electron chi connectivity index (χ2n) is 4.63. The van der Waals surface area contributed by atoms with Crippen molar-refractivity contribution < 1.29 is 9.90 Å². The summed E-state index contributed by atoms with van der Waals surface area (Å²) in [4.78, 5) is 15.6. The Balaban J connectivity index is 2.18. The van der Waals surface area contributed by atoms with Gasteiger partial charge in [-0.3, -0.25) is 4.68 Å². The second kappa shape index (κ2) is 4.86. The molecule has 3 heterocycles. The van der Waals surface area contributed by atoms with Gasteiger partial charge in [0.05, 0.1) is 5.69 Å². The number of rotatable bonds is 3. The zero-order valence-corrected chi connectivity index (χ0v) is 11.6. The minimum Gasteiger partial charge on any atom is -0.478 e. The summed E-state index contributed by atoms with van der Waals surface area (Å²) >= 11 is 0. The molecule has 0 aliphatic rings. The zero-order chi connectivity index (χ0) is 15.0. The van der Waals surface area contributed by atoms with Gasteiger partial charge >= 0.3 is 5.97 Å². The van der Waals surface area contributed by atoms with Gasteiger partial charge in [0.1, 0.15) is 11.3 Å². The summed E-state index contributed by atoms with van der Waals surface area (Å²) in [6, 6.07) is 5.37. The maximum Gasteiger partial charge on any atom is 0.339 e. The molecule has 7 heteroatoms. The average Bonchev–Trinajstić information content (AvgIpc) is 3.03. The molecule has 21 heavy (non-hydrogen) atoms. The Hall–Kier alpha value is -2.96. The van der Waals surface area contributed by atoms with Crippen LogP contribution in [0.3, 0.4) is 0 Å². The molecule has 3 aromatic heterocycles. The van der Waals surface area contributed by atoms with Crippen LogP contribution in [0.1, 0.15) is 16.1 Å². The van der Waals surface area contributed by atoms with E-state index in [1.807, 2.05) is 13.0 Å². The Morgan fingerprint density at radius 1 is 1.24 bits per heavy atom. The molecule has 0 bridgehead atoms. The van der Waals surface area contributed by atoms with Gasteiger partial charge in [-0.1, -0.05) is 6.07 Å². The highest BCUT2D eigenvalue weighted by molar-refractivity contribution is 5.95. The average molecular weight is 283 g/mol. The third-order valence-corrected chi connectivity index (χ3v) is 3.10. The first-order chi connectivity index (χ1) is 10.1. The molecule has 0 fully saturated rings. The van der Waals surface area contributed by atoms with E-state index in [9.17, 15) is 9.90 Å². The van der Waals surface area contributed by atoms with Crippen molar-refractivity contribution in [2.45, 2.75) is 6.92 Å². The first-order valence-corrected chi connectivity index (χ1v) is 6.31. The van der Waals surface area contributed by atoms with E-state index in [1.165, 1.54) is 10.9 Å². The number of aromatic nitrogens is 5. The van der Waals surface area contributed by atoms with E-state index in [0.717, 1.165) is 5.69 Å². The van der Waals surface area contributed by atoms with Crippen LogP contribution in [0, 0.1) is 6.92 Å². The fourth-order valence-electron chi connectivity index (χ4n) is 2.17. The Labute approximate surface area is 120 Å². The molecule has 0 saturated heterocycles. The molecule has 0 aliphatic heterocycles. The van der Waals surface area contributed by atoms with Gasteiger partial charge in [-0.15, -0.1) is 0 Å². The van der Waals surface area contributed by atoms with Crippen molar-refractivity contribution >= 4 is 5.97 Å². The number of aryl methyl sites for hydroxylation is 2. The highest BCUT2D eigenvalue weighted by atomic mass is 16.4. The van der Waals surface area contributed by atoms with E-state index in [2.05, 4.69) is 15.2 Å². The van der Waals surface area contributed by atoms with E-state index in [1.54, 1.807) is 36.3 Å². The maximum absolute atomic E-state index is 11.5. The highest BCUT2D eigenvalue weighted by Crippen LogP contribution is 2.25. The number of aromatic carboxylic acids is 1. The molecule has 0 unspecified atom stereocenters. The van der Waals surface area contributed by atoms with Crippen molar-refractivity contribution in [3.8, 4) is 17.1 Å². The largest absolute Gasteiger partial charge is 0.478 e. The normalized spacial score (nSPS) is 10.8. The molecule has 7 nitrogen and oxygen atoms in total. The van der Waals surface area contributed by atoms with Gasteiger partial charge in [0.15, 0.2) is 5.82 Å². The predicted octanol–water partition coefficient (Wildman–Crippen LogP) is 1.67. The Bertz CT molecular complexity index is 804. The minimum atomic E-state index is -1.03. The lowest BCUT2D eigenvalue weighted by atomic mass is 10.1. The predicted molar refractivity (Wildman–Crippen MR) is 75.3 cm³/mol. The monoisotopic (exact) mass is 283 g/mol. The summed E-state index contributed by atoms with van der Waals surface area (Å²) in [5.41, 5.74) is 1.94. The highest BCUT2D eigenvalue weighted by Gasteiger charge is 2.21. The quantitative estimate of drug-likeness (QED) is 0.790. The number of hydrogen-bond acceptors (Lipinski definition) is 4. The van der Waals surface area contributed by atoms with Gasteiger partial charge in [-0.2, -0.15) is 10.2 Å². The van der Waals surface area contributed by atoms with Gasteiger partial charge in [0.2, 0.25) is 0 Å². The molecule has 106 valence electrons. The van der Waals surface area contributed by atoms with Gasteiger partial charge in [0, 0.05) is 31.2 Å². The molecule has 0 saturated carbocycles. The molecule has 1 N–H and O–H groups in total. The number of carbonyl (C=O) groups is 1. The smallest absolute Gasteiger partial charge is 0.339 e. The van der Waals surface area contributed by atoms with Crippen molar-refractivity contribution in [1.29, 1.82) is 0 Å². The van der Waals surface area contributed by atoms with E-state index in [4.69, 9.17) is 0 Å². The van der Waals surface area contributed by atoms with E-state index in [0.29, 0.717) is 17.1 Å². The van der Waals surface area contributed by atoms with Crippen molar-refractivity contribution in [1.82, 2.24) is 24.5 Å². The first-order valence-electron chi connectivity index (χ1n) is 6.31. The zero-order valence-electron chi connectivity index (χ0n) is 11.6. The van der Waals surface area contributed by atoms with Crippen LogP contribution in [0.2, 0.25) is 0 Å². The lowest BCUT2D eigenvalue weighted by Gasteiger charge is -1.98. The number of pyridine rings is 1. The molecule has 0 aliphatic carbocycles. The van der Waals surface area contributed by atoms with Crippen LogP contribution in [-0.2, 0) is 7.05 Å². The maximum atomic E-state index is 11.5. The van der Waals surface area contributed by atoms with Crippen LogP contribution < -0.4 is 0 Å². The van der Waals surface area contributed by atoms with Crippen LogP contribution in [0.5, 0.6) is 0 Å². The van der Waals surface area contributed by atoms with Crippen LogP contribution >= 0.6 is 0 Å². The number of carboxylic acid groups (broad SMARTS) is 1. The van der Waals surface area contributed by atoms with Crippen molar-refractivity contribution in [3.05, 3.63) is 48.0 Å². The second-order valence-corrected chi connectivity index (χ2v) is 4.63. The summed E-state index contributed by atoms with van der Waals surface area (Å²) in [7, 11) is 1.78. The lowest BCUT2D eigenvalue weighted by molar-refractivity contribution is 0.0697. The van der Waals surface area contributed by atoms with E-state index < -0.39 is 5.97 Å². The van der Waals surface area contributed by atoms with Crippen LogP contribution in [0.4, 0.5) is 0 Å². The summed E-state index contributed by atoms with van der Waals surface area (Å²) in [6.45, 7) is 1.82. The number of hydrogen-bond donors (Lipinski definition) is 1. The Morgan fingerprint density at radius 3 is 2.62 bits per heavy atom. The van der Waals surface area contributed by atoms with Crippen molar-refractivity contribution in [2.75, 3.05) is 0 Å². The molecule has 3 rings (SSSR count). The van der Waals surface area contributed by atoms with E-state index >= 15 is 0 Å². The van der Waals surface area contributed by atoms with Crippen molar-refractivity contribution in [2.24, 2.45) is 7.05 Å². The standard InChI is InChI=1S/C14H13N5O2/c1-9-10(7-18(2)16-9)13-11(14(20)21)8-19(17-13)12-5-3-4-6-15-12/h3-8H,1-2H3,(H,20,21). The molecule has 0 spiro atoms. The summed E-state index contributed by atoms with van der Waals surface area (Å²) < 4.78 is 3.10. The van der Waals surface area contributed by atoms with Crippen LogP contribution in [0.15, 0.2) is 36.8 Å². The molecular weight excluding hydrogens is 270 g/mol. The fraction of sp³-hybridized carbons (Fsp3) is 0.143. The fourth-order valence-corrected chi connectivity index (χ4v) is 2.17. The lowest BCUT2D eigenvalue weighted by Crippen LogP contribution is -1.97. The molecular formula is C14H13N5O2. The molecule has 0 aromatic carbocycles. The molecule has 0 amide bonds. The molecule has 3 aromatic rings. The first kappa shape index (κ1) is 13.0. The number of nitrogens with zero attached hydrogens (tertiary/aromatic N) is 5. The number of carboxylic acids is 1. The van der Waals surface area contributed by atoms with Gasteiger partial charge in [-0.05, 0) is 19.1 Å². The van der Waals surface area contributed by atoms with Gasteiger partial charge in [-0.25, -0.2) is 14.5 Å². The third-order valence-electron chi connectivity index (χ3n) is 3.10. The molecule has 0 radical (unpaired) electrons. The Kier molecular flexibility index (Phi) is 3.02. The summed E-state index contributed by atoms with van der Waals surface area (Å²) in [6.07, 6.45) is 4.85. The van der Waals surface area contributed by atoms with Crippen LogP contribution in [-0.4, -0.2) is 35.6 Å². The van der Waals surface area contributed by atoms with Crippen LogP contribution in [0.25, 0.3) is 17.1 Å². The van der Waals surface area contributed by atoms with E-state index in [-0.39, 0.29) is 5.56 Å².